The summed E-state index contributed by atoms with van der Waals surface area (Å²) in [5.41, 5.74) is 1.15. The van der Waals surface area contributed by atoms with E-state index in [1.54, 1.807) is 18.2 Å². The van der Waals surface area contributed by atoms with Crippen molar-refractivity contribution < 1.29 is 29.0 Å². The summed E-state index contributed by atoms with van der Waals surface area (Å²) in [5.74, 6) is -1.16. The topological polar surface area (TPSA) is 114 Å². The summed E-state index contributed by atoms with van der Waals surface area (Å²) in [5, 5.41) is 14.1. The Hall–Kier alpha value is -3.52. The van der Waals surface area contributed by atoms with Crippen LogP contribution in [0.4, 0.5) is 5.69 Å². The fraction of sp³-hybridized carbons (Fsp3) is 0.105. The Labute approximate surface area is 164 Å². The molecule has 3 rings (SSSR count). The minimum Gasteiger partial charge on any atom is -0.478 e. The fourth-order valence-electron chi connectivity index (χ4n) is 2.46. The van der Waals surface area contributed by atoms with Crippen molar-refractivity contribution in [3.8, 4) is 11.5 Å². The first kappa shape index (κ1) is 19.2. The van der Waals surface area contributed by atoms with Gasteiger partial charge in [-0.1, -0.05) is 17.7 Å². The molecule has 0 saturated heterocycles. The minimum absolute atomic E-state index is 0.144. The predicted molar refractivity (Wildman–Crippen MR) is 101 cm³/mol. The summed E-state index contributed by atoms with van der Waals surface area (Å²) < 4.78 is 10.5. The molecule has 1 heterocycles. The average Bonchev–Trinajstić information content (AvgIpc) is 3.13. The highest BCUT2D eigenvalue weighted by atomic mass is 35.5. The highest BCUT2D eigenvalue weighted by Crippen LogP contribution is 2.32. The van der Waals surface area contributed by atoms with Gasteiger partial charge < -0.3 is 25.2 Å². The van der Waals surface area contributed by atoms with Crippen molar-refractivity contribution in [2.24, 2.45) is 0 Å². The van der Waals surface area contributed by atoms with Crippen molar-refractivity contribution in [2.45, 2.75) is 6.54 Å². The van der Waals surface area contributed by atoms with Gasteiger partial charge in [-0.05, 0) is 35.9 Å². The van der Waals surface area contributed by atoms with Gasteiger partial charge in [0.1, 0.15) is 0 Å². The van der Waals surface area contributed by atoms with Crippen LogP contribution in [0.15, 0.2) is 48.6 Å². The number of carboxylic acid groups (broad SMARTS) is 1. The van der Waals surface area contributed by atoms with Crippen LogP contribution in [0.5, 0.6) is 11.5 Å². The third-order valence-corrected chi connectivity index (χ3v) is 3.99. The number of fused-ring (bicyclic) bond motifs is 1. The van der Waals surface area contributed by atoms with Gasteiger partial charge in [0, 0.05) is 23.7 Å². The Kier molecular flexibility index (Phi) is 5.81. The summed E-state index contributed by atoms with van der Waals surface area (Å²) in [4.78, 5) is 34.9. The molecular formula is C19H15ClN2O6. The minimum atomic E-state index is -1.26. The SMILES string of the molecule is O=C(O)/C=C/C(=O)Nc1ccc(Cl)cc1C(=O)NCc1ccc2c(c1)OCO2. The second-order valence-electron chi connectivity index (χ2n) is 5.72. The van der Waals surface area contributed by atoms with E-state index in [4.69, 9.17) is 26.2 Å². The molecule has 28 heavy (non-hydrogen) atoms. The molecule has 0 aliphatic carbocycles. The van der Waals surface area contributed by atoms with E-state index < -0.39 is 17.8 Å². The lowest BCUT2D eigenvalue weighted by Gasteiger charge is -2.11. The molecule has 3 N–H and O–H groups in total. The lowest BCUT2D eigenvalue weighted by molar-refractivity contribution is -0.131. The third-order valence-electron chi connectivity index (χ3n) is 3.75. The molecule has 0 unspecified atom stereocenters. The van der Waals surface area contributed by atoms with E-state index in [1.165, 1.54) is 18.2 Å². The van der Waals surface area contributed by atoms with Gasteiger partial charge in [-0.25, -0.2) is 4.79 Å². The number of benzene rings is 2. The van der Waals surface area contributed by atoms with E-state index in [0.717, 1.165) is 11.6 Å². The third kappa shape index (κ3) is 4.80. The Morgan fingerprint density at radius 1 is 1.07 bits per heavy atom. The summed E-state index contributed by atoms with van der Waals surface area (Å²) in [6.45, 7) is 0.376. The Morgan fingerprint density at radius 3 is 2.64 bits per heavy atom. The van der Waals surface area contributed by atoms with Crippen LogP contribution in [0.25, 0.3) is 0 Å². The maximum Gasteiger partial charge on any atom is 0.328 e. The number of halogens is 1. The lowest BCUT2D eigenvalue weighted by Crippen LogP contribution is -2.24. The van der Waals surface area contributed by atoms with Crippen LogP contribution in [0.2, 0.25) is 5.02 Å². The maximum absolute atomic E-state index is 12.6. The maximum atomic E-state index is 12.6. The van der Waals surface area contributed by atoms with E-state index in [2.05, 4.69) is 10.6 Å². The molecule has 0 radical (unpaired) electrons. The van der Waals surface area contributed by atoms with Gasteiger partial charge in [-0.2, -0.15) is 0 Å². The number of carboxylic acids is 1. The molecule has 144 valence electrons. The Morgan fingerprint density at radius 2 is 1.86 bits per heavy atom. The molecule has 2 aromatic rings. The molecular weight excluding hydrogens is 388 g/mol. The highest BCUT2D eigenvalue weighted by molar-refractivity contribution is 6.31. The van der Waals surface area contributed by atoms with Gasteiger partial charge in [0.05, 0.1) is 11.3 Å². The van der Waals surface area contributed by atoms with Crippen molar-refractivity contribution in [1.82, 2.24) is 5.32 Å². The van der Waals surface area contributed by atoms with Crippen molar-refractivity contribution in [3.05, 3.63) is 64.7 Å². The Balaban J connectivity index is 1.71. The number of anilines is 1. The number of carbonyl (C=O) groups is 3. The molecule has 2 aromatic carbocycles. The van der Waals surface area contributed by atoms with Crippen LogP contribution in [0.3, 0.4) is 0 Å². The number of nitrogens with one attached hydrogen (secondary N) is 2. The molecule has 9 heteroatoms. The van der Waals surface area contributed by atoms with Crippen molar-refractivity contribution >= 4 is 35.1 Å². The predicted octanol–water partition coefficient (Wildman–Crippen LogP) is 2.58. The fourth-order valence-corrected chi connectivity index (χ4v) is 2.64. The van der Waals surface area contributed by atoms with Crippen LogP contribution in [-0.2, 0) is 16.1 Å². The van der Waals surface area contributed by atoms with E-state index in [0.29, 0.717) is 22.6 Å². The molecule has 0 aromatic heterocycles. The second-order valence-corrected chi connectivity index (χ2v) is 6.16. The highest BCUT2D eigenvalue weighted by Gasteiger charge is 2.16. The lowest BCUT2D eigenvalue weighted by atomic mass is 10.1. The first-order valence-corrected chi connectivity index (χ1v) is 8.48. The van der Waals surface area contributed by atoms with Gasteiger partial charge in [0.25, 0.3) is 5.91 Å². The molecule has 2 amide bonds. The quantitative estimate of drug-likeness (QED) is 0.640. The number of amides is 2. The van der Waals surface area contributed by atoms with Crippen LogP contribution in [0.1, 0.15) is 15.9 Å². The van der Waals surface area contributed by atoms with Crippen LogP contribution in [0, 0.1) is 0 Å². The summed E-state index contributed by atoms with van der Waals surface area (Å²) in [6.07, 6.45) is 1.55. The number of hydrogen-bond acceptors (Lipinski definition) is 5. The van der Waals surface area contributed by atoms with E-state index in [-0.39, 0.29) is 24.6 Å². The molecule has 1 aliphatic heterocycles. The van der Waals surface area contributed by atoms with Crippen LogP contribution < -0.4 is 20.1 Å². The molecule has 0 fully saturated rings. The average molecular weight is 403 g/mol. The van der Waals surface area contributed by atoms with Crippen LogP contribution >= 0.6 is 11.6 Å². The zero-order valence-corrected chi connectivity index (χ0v) is 15.2. The smallest absolute Gasteiger partial charge is 0.328 e. The number of carbonyl (C=O) groups excluding carboxylic acids is 2. The molecule has 1 aliphatic rings. The van der Waals surface area contributed by atoms with E-state index in [1.807, 2.05) is 0 Å². The molecule has 0 spiro atoms. The summed E-state index contributed by atoms with van der Waals surface area (Å²) >= 11 is 5.97. The van der Waals surface area contributed by atoms with Crippen molar-refractivity contribution in [3.63, 3.8) is 0 Å². The van der Waals surface area contributed by atoms with Crippen molar-refractivity contribution in [2.75, 3.05) is 12.1 Å². The van der Waals surface area contributed by atoms with E-state index in [9.17, 15) is 14.4 Å². The molecule has 8 nitrogen and oxygen atoms in total. The Bertz CT molecular complexity index is 973. The normalized spacial score (nSPS) is 12.0. The first-order valence-electron chi connectivity index (χ1n) is 8.10. The number of rotatable bonds is 6. The van der Waals surface area contributed by atoms with Crippen LogP contribution in [-0.4, -0.2) is 29.7 Å². The standard InChI is InChI=1S/C19H15ClN2O6/c20-12-2-3-14(22-17(23)5-6-18(24)25)13(8-12)19(26)21-9-11-1-4-15-16(7-11)28-10-27-15/h1-8H,9-10H2,(H,21,26)(H,22,23)(H,24,25)/b6-5+. The molecule has 0 saturated carbocycles. The summed E-state index contributed by atoms with van der Waals surface area (Å²) in [7, 11) is 0. The van der Waals surface area contributed by atoms with Gasteiger partial charge >= 0.3 is 5.97 Å². The van der Waals surface area contributed by atoms with Crippen molar-refractivity contribution in [1.29, 1.82) is 0 Å². The number of aliphatic carboxylic acids is 1. The molecule has 0 bridgehead atoms. The zero-order valence-electron chi connectivity index (χ0n) is 14.4. The summed E-state index contributed by atoms with van der Waals surface area (Å²) in [6, 6.07) is 9.69. The number of hydrogen-bond donors (Lipinski definition) is 3. The van der Waals surface area contributed by atoms with Gasteiger partial charge in [0.15, 0.2) is 11.5 Å². The van der Waals surface area contributed by atoms with Gasteiger partial charge in [0.2, 0.25) is 12.7 Å². The largest absolute Gasteiger partial charge is 0.478 e. The first-order chi connectivity index (χ1) is 13.4. The number of ether oxygens (including phenoxy) is 2. The van der Waals surface area contributed by atoms with E-state index >= 15 is 0 Å². The van der Waals surface area contributed by atoms with Gasteiger partial charge in [-0.15, -0.1) is 0 Å². The second kappa shape index (κ2) is 8.45. The molecule has 0 atom stereocenters. The zero-order chi connectivity index (χ0) is 20.1. The monoisotopic (exact) mass is 402 g/mol. The van der Waals surface area contributed by atoms with Gasteiger partial charge in [-0.3, -0.25) is 9.59 Å².